The Bertz CT molecular complexity index is 844. The van der Waals surface area contributed by atoms with Gasteiger partial charge in [-0.15, -0.1) is 0 Å². The highest BCUT2D eigenvalue weighted by Gasteiger charge is 2.25. The minimum Gasteiger partial charge on any atom is -0.478 e. The SMILES string of the molecule is C=Cc1c(C(=O)O)c(C(=O)O)c2cccc(C=C)c2c1C=C. The zero-order chi connectivity index (χ0) is 16.4. The third kappa shape index (κ3) is 2.11. The molecule has 0 atom stereocenters. The summed E-state index contributed by atoms with van der Waals surface area (Å²) in [5.74, 6) is -2.62. The lowest BCUT2D eigenvalue weighted by Gasteiger charge is -2.16. The van der Waals surface area contributed by atoms with Gasteiger partial charge in [-0.2, -0.15) is 0 Å². The zero-order valence-corrected chi connectivity index (χ0v) is 11.8. The molecule has 0 radical (unpaired) electrons. The van der Waals surface area contributed by atoms with E-state index in [0.717, 1.165) is 0 Å². The van der Waals surface area contributed by atoms with E-state index in [1.54, 1.807) is 24.3 Å². The van der Waals surface area contributed by atoms with E-state index in [1.807, 2.05) is 0 Å². The molecule has 0 saturated carbocycles. The van der Waals surface area contributed by atoms with Gasteiger partial charge < -0.3 is 10.2 Å². The zero-order valence-electron chi connectivity index (χ0n) is 11.8. The van der Waals surface area contributed by atoms with Crippen LogP contribution < -0.4 is 0 Å². The van der Waals surface area contributed by atoms with Crippen molar-refractivity contribution in [3.8, 4) is 0 Å². The molecule has 0 spiro atoms. The van der Waals surface area contributed by atoms with Crippen molar-refractivity contribution in [3.05, 3.63) is 65.8 Å². The molecule has 0 bridgehead atoms. The van der Waals surface area contributed by atoms with Crippen LogP contribution in [0.5, 0.6) is 0 Å². The van der Waals surface area contributed by atoms with Gasteiger partial charge in [-0.25, -0.2) is 9.59 Å². The van der Waals surface area contributed by atoms with Crippen LogP contribution in [0.3, 0.4) is 0 Å². The van der Waals surface area contributed by atoms with E-state index in [-0.39, 0.29) is 16.7 Å². The Morgan fingerprint density at radius 2 is 1.45 bits per heavy atom. The molecule has 0 amide bonds. The van der Waals surface area contributed by atoms with Crippen LogP contribution in [0.15, 0.2) is 37.9 Å². The van der Waals surface area contributed by atoms with E-state index in [2.05, 4.69) is 19.7 Å². The van der Waals surface area contributed by atoms with Gasteiger partial charge in [-0.1, -0.05) is 56.2 Å². The van der Waals surface area contributed by atoms with Crippen molar-refractivity contribution in [1.82, 2.24) is 0 Å². The summed E-state index contributed by atoms with van der Waals surface area (Å²) in [6.45, 7) is 11.1. The Morgan fingerprint density at radius 1 is 0.864 bits per heavy atom. The third-order valence-corrected chi connectivity index (χ3v) is 3.50. The first-order chi connectivity index (χ1) is 10.5. The maximum atomic E-state index is 11.7. The molecule has 0 unspecified atom stereocenters. The van der Waals surface area contributed by atoms with Gasteiger partial charge in [-0.05, 0) is 27.5 Å². The second-order valence-electron chi connectivity index (χ2n) is 4.57. The Hall–Kier alpha value is -3.14. The van der Waals surface area contributed by atoms with Crippen LogP contribution in [0, 0.1) is 0 Å². The van der Waals surface area contributed by atoms with E-state index in [9.17, 15) is 19.8 Å². The Balaban J connectivity index is 3.27. The first-order valence-corrected chi connectivity index (χ1v) is 6.44. The fourth-order valence-electron chi connectivity index (χ4n) is 2.66. The highest BCUT2D eigenvalue weighted by atomic mass is 16.4. The Labute approximate surface area is 127 Å². The molecule has 2 N–H and O–H groups in total. The lowest BCUT2D eigenvalue weighted by atomic mass is 9.86. The summed E-state index contributed by atoms with van der Waals surface area (Å²) in [6.07, 6.45) is 4.44. The van der Waals surface area contributed by atoms with E-state index < -0.39 is 11.9 Å². The van der Waals surface area contributed by atoms with Crippen molar-refractivity contribution in [2.24, 2.45) is 0 Å². The summed E-state index contributed by atoms with van der Waals surface area (Å²) in [5.41, 5.74) is 0.928. The highest BCUT2D eigenvalue weighted by molar-refractivity contribution is 6.17. The largest absolute Gasteiger partial charge is 0.478 e. The number of hydrogen-bond donors (Lipinski definition) is 2. The van der Waals surface area contributed by atoms with Crippen molar-refractivity contribution >= 4 is 40.9 Å². The van der Waals surface area contributed by atoms with Gasteiger partial charge in [0.1, 0.15) is 0 Å². The van der Waals surface area contributed by atoms with Crippen LogP contribution in [0.1, 0.15) is 37.4 Å². The van der Waals surface area contributed by atoms with Gasteiger partial charge in [0, 0.05) is 0 Å². The van der Waals surface area contributed by atoms with Crippen molar-refractivity contribution in [3.63, 3.8) is 0 Å². The Kier molecular flexibility index (Phi) is 3.95. The quantitative estimate of drug-likeness (QED) is 0.868. The summed E-state index contributed by atoms with van der Waals surface area (Å²) in [7, 11) is 0. The highest BCUT2D eigenvalue weighted by Crippen LogP contribution is 2.35. The molecule has 2 aromatic rings. The number of carboxylic acid groups (broad SMARTS) is 2. The van der Waals surface area contributed by atoms with E-state index in [0.29, 0.717) is 21.9 Å². The predicted octanol–water partition coefficient (Wildman–Crippen LogP) is 4.17. The van der Waals surface area contributed by atoms with Crippen LogP contribution in [0.2, 0.25) is 0 Å². The monoisotopic (exact) mass is 294 g/mol. The van der Waals surface area contributed by atoms with Crippen molar-refractivity contribution in [2.75, 3.05) is 0 Å². The lowest BCUT2D eigenvalue weighted by Crippen LogP contribution is -2.13. The summed E-state index contributed by atoms with van der Waals surface area (Å²) in [6, 6.07) is 5.03. The number of rotatable bonds is 5. The molecule has 0 aliphatic heterocycles. The number of benzene rings is 2. The molecule has 0 fully saturated rings. The topological polar surface area (TPSA) is 74.6 Å². The summed E-state index contributed by atoms with van der Waals surface area (Å²) in [4.78, 5) is 23.3. The molecule has 0 aromatic heterocycles. The second kappa shape index (κ2) is 5.69. The Morgan fingerprint density at radius 3 is 1.91 bits per heavy atom. The molecule has 0 heterocycles. The average Bonchev–Trinajstić information content (AvgIpc) is 2.50. The van der Waals surface area contributed by atoms with Crippen LogP contribution in [-0.2, 0) is 0 Å². The predicted molar refractivity (Wildman–Crippen MR) is 88.1 cm³/mol. The molecule has 0 aliphatic carbocycles. The van der Waals surface area contributed by atoms with E-state index >= 15 is 0 Å². The summed E-state index contributed by atoms with van der Waals surface area (Å²) >= 11 is 0. The molecule has 110 valence electrons. The molecule has 22 heavy (non-hydrogen) atoms. The molecular weight excluding hydrogens is 280 g/mol. The molecular formula is C18H14O4. The molecule has 0 aliphatic rings. The van der Waals surface area contributed by atoms with Gasteiger partial charge in [0.2, 0.25) is 0 Å². The van der Waals surface area contributed by atoms with Crippen molar-refractivity contribution < 1.29 is 19.8 Å². The summed E-state index contributed by atoms with van der Waals surface area (Å²) in [5, 5.41) is 19.9. The molecule has 4 heteroatoms. The number of aromatic carboxylic acids is 2. The van der Waals surface area contributed by atoms with Crippen LogP contribution in [0.4, 0.5) is 0 Å². The van der Waals surface area contributed by atoms with Crippen molar-refractivity contribution in [1.29, 1.82) is 0 Å². The van der Waals surface area contributed by atoms with Crippen LogP contribution in [-0.4, -0.2) is 22.2 Å². The minimum atomic E-state index is -1.32. The number of carboxylic acids is 2. The van der Waals surface area contributed by atoms with E-state index in [1.165, 1.54) is 12.2 Å². The fraction of sp³-hybridized carbons (Fsp3) is 0. The third-order valence-electron chi connectivity index (χ3n) is 3.50. The molecule has 2 aromatic carbocycles. The van der Waals surface area contributed by atoms with Gasteiger partial charge in [0.25, 0.3) is 0 Å². The van der Waals surface area contributed by atoms with Gasteiger partial charge in [0.05, 0.1) is 11.1 Å². The molecule has 4 nitrogen and oxygen atoms in total. The number of hydrogen-bond acceptors (Lipinski definition) is 2. The first kappa shape index (κ1) is 15.3. The number of carbonyl (C=O) groups is 2. The van der Waals surface area contributed by atoms with Gasteiger partial charge in [0.15, 0.2) is 0 Å². The van der Waals surface area contributed by atoms with Gasteiger partial charge in [-0.3, -0.25) is 0 Å². The lowest BCUT2D eigenvalue weighted by molar-refractivity contribution is 0.0653. The standard InChI is InChI=1S/C18H14O4/c1-4-10-8-7-9-13-14(10)11(5-2)12(6-3)15(17(19)20)16(13)18(21)22/h4-9H,1-3H2,(H,19,20)(H,21,22). The second-order valence-corrected chi connectivity index (χ2v) is 4.57. The van der Waals surface area contributed by atoms with Crippen LogP contribution in [0.25, 0.3) is 29.0 Å². The number of fused-ring (bicyclic) bond motifs is 1. The normalized spacial score (nSPS) is 10.2. The smallest absolute Gasteiger partial charge is 0.337 e. The van der Waals surface area contributed by atoms with Crippen LogP contribution >= 0.6 is 0 Å². The fourth-order valence-corrected chi connectivity index (χ4v) is 2.66. The molecule has 0 saturated heterocycles. The van der Waals surface area contributed by atoms with E-state index in [4.69, 9.17) is 0 Å². The molecule has 2 rings (SSSR count). The average molecular weight is 294 g/mol. The first-order valence-electron chi connectivity index (χ1n) is 6.44. The minimum absolute atomic E-state index is 0.238. The van der Waals surface area contributed by atoms with Gasteiger partial charge >= 0.3 is 11.9 Å². The summed E-state index contributed by atoms with van der Waals surface area (Å²) < 4.78 is 0. The van der Waals surface area contributed by atoms with Crippen molar-refractivity contribution in [2.45, 2.75) is 0 Å². The maximum absolute atomic E-state index is 11.7. The maximum Gasteiger partial charge on any atom is 0.337 e.